The number of nitrogens with one attached hydrogen (secondary N) is 1. The molecule has 0 radical (unpaired) electrons. The van der Waals surface area contributed by atoms with Gasteiger partial charge in [0.05, 0.1) is 0 Å². The minimum Gasteiger partial charge on any atom is -0.311 e. The zero-order valence-corrected chi connectivity index (χ0v) is 9.82. The van der Waals surface area contributed by atoms with E-state index in [9.17, 15) is 8.78 Å². The lowest BCUT2D eigenvalue weighted by atomic mass is 9.75. The highest BCUT2D eigenvalue weighted by atomic mass is 19.3. The van der Waals surface area contributed by atoms with Crippen molar-refractivity contribution in [2.24, 2.45) is 11.3 Å². The Hall–Kier alpha value is -0.180. The number of piperidine rings is 1. The quantitative estimate of drug-likeness (QED) is 0.711. The van der Waals surface area contributed by atoms with Crippen molar-refractivity contribution in [3.63, 3.8) is 0 Å². The maximum absolute atomic E-state index is 14.2. The molecular formula is C12H21F2N. The van der Waals surface area contributed by atoms with Crippen LogP contribution in [0.1, 0.15) is 46.5 Å². The summed E-state index contributed by atoms with van der Waals surface area (Å²) >= 11 is 0. The highest BCUT2D eigenvalue weighted by Gasteiger charge is 2.52. The summed E-state index contributed by atoms with van der Waals surface area (Å²) in [5.41, 5.74) is -0.908. The Kier molecular flexibility index (Phi) is 2.57. The van der Waals surface area contributed by atoms with Gasteiger partial charge in [-0.2, -0.15) is 0 Å². The molecule has 0 aromatic carbocycles. The molecule has 88 valence electrons. The largest absolute Gasteiger partial charge is 0.311 e. The van der Waals surface area contributed by atoms with Gasteiger partial charge in [0.25, 0.3) is 5.92 Å². The van der Waals surface area contributed by atoms with Crippen LogP contribution in [0.25, 0.3) is 0 Å². The number of hydrogen-bond donors (Lipinski definition) is 1. The molecule has 1 N–H and O–H groups in total. The van der Waals surface area contributed by atoms with E-state index in [0.717, 1.165) is 12.8 Å². The van der Waals surface area contributed by atoms with Gasteiger partial charge in [-0.25, -0.2) is 8.78 Å². The second-order valence-corrected chi connectivity index (χ2v) is 6.18. The number of halogens is 2. The van der Waals surface area contributed by atoms with Gasteiger partial charge in [-0.3, -0.25) is 0 Å². The molecule has 0 aliphatic carbocycles. The second kappa shape index (κ2) is 3.41. The lowest BCUT2D eigenvalue weighted by molar-refractivity contribution is -0.153. The number of rotatable bonds is 1. The molecule has 3 heteroatoms. The van der Waals surface area contributed by atoms with E-state index >= 15 is 0 Å². The Bertz CT molecular complexity index is 232. The van der Waals surface area contributed by atoms with Crippen LogP contribution in [0.5, 0.6) is 0 Å². The lowest BCUT2D eigenvalue weighted by Gasteiger charge is -2.41. The molecule has 2 atom stereocenters. The fourth-order valence-electron chi connectivity index (χ4n) is 2.97. The summed E-state index contributed by atoms with van der Waals surface area (Å²) < 4.78 is 28.3. The van der Waals surface area contributed by atoms with Crippen LogP contribution in [-0.2, 0) is 0 Å². The molecule has 2 rings (SSSR count). The zero-order valence-electron chi connectivity index (χ0n) is 9.82. The van der Waals surface area contributed by atoms with E-state index < -0.39 is 17.3 Å². The summed E-state index contributed by atoms with van der Waals surface area (Å²) in [6.07, 6.45) is 3.48. The fourth-order valence-corrected chi connectivity index (χ4v) is 2.97. The molecule has 0 saturated carbocycles. The first-order valence-electron chi connectivity index (χ1n) is 5.94. The van der Waals surface area contributed by atoms with E-state index in [0.29, 0.717) is 24.9 Å². The topological polar surface area (TPSA) is 12.0 Å². The molecule has 2 fully saturated rings. The molecule has 0 aromatic rings. The number of hydrogen-bond acceptors (Lipinski definition) is 1. The first-order chi connectivity index (χ1) is 6.80. The number of alkyl halides is 2. The van der Waals surface area contributed by atoms with Crippen molar-refractivity contribution in [3.05, 3.63) is 0 Å². The summed E-state index contributed by atoms with van der Waals surface area (Å²) in [6, 6.07) is 0.698. The predicted octanol–water partition coefficient (Wildman–Crippen LogP) is 3.20. The summed E-state index contributed by atoms with van der Waals surface area (Å²) in [7, 11) is 0. The first-order valence-corrected chi connectivity index (χ1v) is 5.94. The SMILES string of the molecule is CC(C)(C)C(F)(F)C1CC2CCC(C1)N2. The molecule has 2 bridgehead atoms. The van der Waals surface area contributed by atoms with Gasteiger partial charge in [-0.1, -0.05) is 20.8 Å². The Morgan fingerprint density at radius 3 is 1.87 bits per heavy atom. The summed E-state index contributed by atoms with van der Waals surface area (Å²) in [4.78, 5) is 0. The molecule has 2 heterocycles. The first kappa shape index (κ1) is 11.3. The molecule has 0 aromatic heterocycles. The summed E-state index contributed by atoms with van der Waals surface area (Å²) in [5, 5.41) is 3.41. The highest BCUT2D eigenvalue weighted by Crippen LogP contribution is 2.48. The van der Waals surface area contributed by atoms with Crippen LogP contribution in [0.3, 0.4) is 0 Å². The Morgan fingerprint density at radius 2 is 1.47 bits per heavy atom. The second-order valence-electron chi connectivity index (χ2n) is 6.18. The highest BCUT2D eigenvalue weighted by molar-refractivity contribution is 4.99. The maximum Gasteiger partial charge on any atom is 0.255 e. The monoisotopic (exact) mass is 217 g/mol. The predicted molar refractivity (Wildman–Crippen MR) is 57.1 cm³/mol. The van der Waals surface area contributed by atoms with Gasteiger partial charge in [-0.05, 0) is 25.7 Å². The average molecular weight is 217 g/mol. The van der Waals surface area contributed by atoms with Gasteiger partial charge in [-0.15, -0.1) is 0 Å². The van der Waals surface area contributed by atoms with Crippen molar-refractivity contribution < 1.29 is 8.78 Å². The van der Waals surface area contributed by atoms with Crippen molar-refractivity contribution in [2.45, 2.75) is 64.5 Å². The maximum atomic E-state index is 14.2. The van der Waals surface area contributed by atoms with Crippen LogP contribution in [0.15, 0.2) is 0 Å². The van der Waals surface area contributed by atoms with E-state index in [-0.39, 0.29) is 0 Å². The molecule has 1 nitrogen and oxygen atoms in total. The molecule has 2 aliphatic heterocycles. The Morgan fingerprint density at radius 1 is 1.00 bits per heavy atom. The van der Waals surface area contributed by atoms with E-state index in [1.807, 2.05) is 0 Å². The van der Waals surface area contributed by atoms with Gasteiger partial charge in [0.15, 0.2) is 0 Å². The lowest BCUT2D eigenvalue weighted by Crippen LogP contribution is -2.49. The molecule has 0 amide bonds. The summed E-state index contributed by atoms with van der Waals surface area (Å²) in [5.74, 6) is -2.95. The van der Waals surface area contributed by atoms with Gasteiger partial charge in [0.1, 0.15) is 0 Å². The van der Waals surface area contributed by atoms with Crippen molar-refractivity contribution in [1.82, 2.24) is 5.32 Å². The molecule has 2 aliphatic rings. The van der Waals surface area contributed by atoms with Crippen LogP contribution in [-0.4, -0.2) is 18.0 Å². The molecule has 15 heavy (non-hydrogen) atoms. The molecule has 0 spiro atoms. The standard InChI is InChI=1S/C12H21F2N/c1-11(2,3)12(13,14)8-6-9-4-5-10(7-8)15-9/h8-10,15H,4-7H2,1-3H3. The van der Waals surface area contributed by atoms with E-state index in [1.165, 1.54) is 0 Å². The third-order valence-corrected chi connectivity index (χ3v) is 3.99. The van der Waals surface area contributed by atoms with Crippen LogP contribution in [0, 0.1) is 11.3 Å². The third-order valence-electron chi connectivity index (χ3n) is 3.99. The van der Waals surface area contributed by atoms with Crippen molar-refractivity contribution >= 4 is 0 Å². The summed E-state index contributed by atoms with van der Waals surface area (Å²) in [6.45, 7) is 4.95. The van der Waals surface area contributed by atoms with Gasteiger partial charge < -0.3 is 5.32 Å². The van der Waals surface area contributed by atoms with Crippen molar-refractivity contribution in [3.8, 4) is 0 Å². The molecule has 2 saturated heterocycles. The van der Waals surface area contributed by atoms with Crippen LogP contribution in [0.2, 0.25) is 0 Å². The van der Waals surface area contributed by atoms with Gasteiger partial charge >= 0.3 is 0 Å². The fraction of sp³-hybridized carbons (Fsp3) is 1.00. The van der Waals surface area contributed by atoms with Gasteiger partial charge in [0, 0.05) is 23.4 Å². The Labute approximate surface area is 90.6 Å². The molecule has 2 unspecified atom stereocenters. The smallest absolute Gasteiger partial charge is 0.255 e. The minimum atomic E-state index is -2.53. The average Bonchev–Trinajstić information content (AvgIpc) is 2.43. The van der Waals surface area contributed by atoms with E-state index in [2.05, 4.69) is 5.32 Å². The van der Waals surface area contributed by atoms with E-state index in [4.69, 9.17) is 0 Å². The van der Waals surface area contributed by atoms with Crippen LogP contribution >= 0.6 is 0 Å². The minimum absolute atomic E-state index is 0.349. The van der Waals surface area contributed by atoms with Gasteiger partial charge in [0.2, 0.25) is 0 Å². The van der Waals surface area contributed by atoms with E-state index in [1.54, 1.807) is 20.8 Å². The van der Waals surface area contributed by atoms with Crippen LogP contribution < -0.4 is 5.32 Å². The Balaban J connectivity index is 2.11. The molecular weight excluding hydrogens is 196 g/mol. The van der Waals surface area contributed by atoms with Crippen molar-refractivity contribution in [2.75, 3.05) is 0 Å². The normalized spacial score (nSPS) is 37.0. The third kappa shape index (κ3) is 1.91. The van der Waals surface area contributed by atoms with Crippen LogP contribution in [0.4, 0.5) is 8.78 Å². The zero-order chi connectivity index (χ0) is 11.3. The number of fused-ring (bicyclic) bond motifs is 2. The van der Waals surface area contributed by atoms with Crippen molar-refractivity contribution in [1.29, 1.82) is 0 Å².